The lowest BCUT2D eigenvalue weighted by atomic mass is 9.85. The van der Waals surface area contributed by atoms with Crippen molar-refractivity contribution in [3.8, 4) is 0 Å². The highest BCUT2D eigenvalue weighted by Crippen LogP contribution is 2.28. The fourth-order valence-electron chi connectivity index (χ4n) is 2.41. The Bertz CT molecular complexity index is 217. The minimum Gasteiger partial charge on any atom is -0.480 e. The normalized spacial score (nSPS) is 36.7. The van der Waals surface area contributed by atoms with Crippen molar-refractivity contribution in [2.45, 2.75) is 46.2 Å². The quantitative estimate of drug-likeness (QED) is 0.737. The summed E-state index contributed by atoms with van der Waals surface area (Å²) >= 11 is 0. The van der Waals surface area contributed by atoms with E-state index < -0.39 is 5.97 Å². The highest BCUT2D eigenvalue weighted by molar-refractivity contribution is 5.72. The zero-order valence-corrected chi connectivity index (χ0v) is 9.53. The standard InChI is InChI=1S/C11H21NO2/c1-7-5-8(2)9(3)12(6-7)10(4)11(13)14/h7-10H,5-6H2,1-4H3,(H,13,14). The van der Waals surface area contributed by atoms with E-state index in [0.29, 0.717) is 17.9 Å². The van der Waals surface area contributed by atoms with Crippen LogP contribution in [0.1, 0.15) is 34.1 Å². The SMILES string of the molecule is CC1CC(C)C(C)N(C(C)C(=O)O)C1. The van der Waals surface area contributed by atoms with Gasteiger partial charge in [-0.2, -0.15) is 0 Å². The van der Waals surface area contributed by atoms with Gasteiger partial charge in [0.2, 0.25) is 0 Å². The number of aliphatic carboxylic acids is 1. The zero-order valence-electron chi connectivity index (χ0n) is 9.53. The second kappa shape index (κ2) is 4.30. The van der Waals surface area contributed by atoms with Crippen LogP contribution < -0.4 is 0 Å². The van der Waals surface area contributed by atoms with Crippen molar-refractivity contribution in [3.05, 3.63) is 0 Å². The maximum absolute atomic E-state index is 10.9. The van der Waals surface area contributed by atoms with Crippen LogP contribution in [-0.2, 0) is 4.79 Å². The number of hydrogen-bond acceptors (Lipinski definition) is 2. The first-order valence-electron chi connectivity index (χ1n) is 5.42. The second-order valence-electron chi connectivity index (χ2n) is 4.77. The number of nitrogens with zero attached hydrogens (tertiary/aromatic N) is 1. The van der Waals surface area contributed by atoms with Gasteiger partial charge in [-0.3, -0.25) is 9.69 Å². The summed E-state index contributed by atoms with van der Waals surface area (Å²) in [6, 6.07) is 0.0347. The summed E-state index contributed by atoms with van der Waals surface area (Å²) in [6.07, 6.45) is 1.21. The van der Waals surface area contributed by atoms with E-state index in [-0.39, 0.29) is 6.04 Å². The number of carboxylic acid groups (broad SMARTS) is 1. The van der Waals surface area contributed by atoms with Gasteiger partial charge < -0.3 is 5.11 Å². The predicted molar refractivity (Wildman–Crippen MR) is 56.2 cm³/mol. The Morgan fingerprint density at radius 1 is 1.43 bits per heavy atom. The molecule has 1 fully saturated rings. The van der Waals surface area contributed by atoms with Gasteiger partial charge in [0.15, 0.2) is 0 Å². The molecule has 0 aromatic carbocycles. The Morgan fingerprint density at radius 3 is 2.50 bits per heavy atom. The van der Waals surface area contributed by atoms with Crippen molar-refractivity contribution in [1.82, 2.24) is 4.90 Å². The van der Waals surface area contributed by atoms with E-state index >= 15 is 0 Å². The number of rotatable bonds is 2. The number of carboxylic acids is 1. The third-order valence-corrected chi connectivity index (χ3v) is 3.50. The van der Waals surface area contributed by atoms with Crippen LogP contribution in [0.3, 0.4) is 0 Å². The molecule has 0 aromatic rings. The summed E-state index contributed by atoms with van der Waals surface area (Å²) in [7, 11) is 0. The highest BCUT2D eigenvalue weighted by Gasteiger charge is 2.33. The molecule has 4 unspecified atom stereocenters. The predicted octanol–water partition coefficient (Wildman–Crippen LogP) is 1.83. The van der Waals surface area contributed by atoms with Crippen LogP contribution in [0.5, 0.6) is 0 Å². The van der Waals surface area contributed by atoms with E-state index in [1.54, 1.807) is 6.92 Å². The van der Waals surface area contributed by atoms with Gasteiger partial charge in [-0.15, -0.1) is 0 Å². The van der Waals surface area contributed by atoms with Gasteiger partial charge in [-0.05, 0) is 32.1 Å². The Balaban J connectivity index is 2.70. The molecular formula is C11H21NO2. The van der Waals surface area contributed by atoms with E-state index in [1.165, 1.54) is 6.42 Å². The Hall–Kier alpha value is -0.570. The highest BCUT2D eigenvalue weighted by atomic mass is 16.4. The number of piperidine rings is 1. The third-order valence-electron chi connectivity index (χ3n) is 3.50. The summed E-state index contributed by atoms with van der Waals surface area (Å²) in [4.78, 5) is 13.0. The first-order valence-corrected chi connectivity index (χ1v) is 5.42. The van der Waals surface area contributed by atoms with Gasteiger partial charge >= 0.3 is 5.97 Å². The molecule has 14 heavy (non-hydrogen) atoms. The lowest BCUT2D eigenvalue weighted by Crippen LogP contribution is -2.52. The molecule has 1 aliphatic rings. The van der Waals surface area contributed by atoms with Crippen LogP contribution >= 0.6 is 0 Å². The fraction of sp³-hybridized carbons (Fsp3) is 0.909. The van der Waals surface area contributed by atoms with Gasteiger partial charge in [0.25, 0.3) is 0 Å². The molecule has 0 spiro atoms. The van der Waals surface area contributed by atoms with Gasteiger partial charge in [0.1, 0.15) is 6.04 Å². The van der Waals surface area contributed by atoms with Crippen LogP contribution in [0, 0.1) is 11.8 Å². The summed E-state index contributed by atoms with van der Waals surface area (Å²) < 4.78 is 0. The minimum absolute atomic E-state index is 0.352. The van der Waals surface area contributed by atoms with E-state index in [2.05, 4.69) is 25.7 Å². The minimum atomic E-state index is -0.710. The van der Waals surface area contributed by atoms with Gasteiger partial charge in [0, 0.05) is 12.6 Å². The molecule has 0 bridgehead atoms. The smallest absolute Gasteiger partial charge is 0.320 e. The molecule has 0 amide bonds. The van der Waals surface area contributed by atoms with Crippen molar-refractivity contribution >= 4 is 5.97 Å². The van der Waals surface area contributed by atoms with E-state index in [1.807, 2.05) is 0 Å². The Morgan fingerprint density at radius 2 is 2.00 bits per heavy atom. The largest absolute Gasteiger partial charge is 0.480 e. The number of hydrogen-bond donors (Lipinski definition) is 1. The molecular weight excluding hydrogens is 178 g/mol. The Labute approximate surface area is 86.1 Å². The molecule has 0 aliphatic carbocycles. The van der Waals surface area contributed by atoms with E-state index in [9.17, 15) is 4.79 Å². The molecule has 0 aromatic heterocycles. The average Bonchev–Trinajstić information content (AvgIpc) is 2.09. The van der Waals surface area contributed by atoms with Crippen LogP contribution in [0.25, 0.3) is 0 Å². The zero-order chi connectivity index (χ0) is 10.9. The molecule has 4 atom stereocenters. The summed E-state index contributed by atoms with van der Waals surface area (Å²) in [5.74, 6) is 0.502. The monoisotopic (exact) mass is 199 g/mol. The van der Waals surface area contributed by atoms with Crippen LogP contribution in [0.15, 0.2) is 0 Å². The molecule has 3 nitrogen and oxygen atoms in total. The first kappa shape index (κ1) is 11.5. The lowest BCUT2D eigenvalue weighted by Gasteiger charge is -2.43. The third kappa shape index (κ3) is 2.27. The van der Waals surface area contributed by atoms with Crippen LogP contribution in [0.2, 0.25) is 0 Å². The second-order valence-corrected chi connectivity index (χ2v) is 4.77. The molecule has 0 saturated carbocycles. The van der Waals surface area contributed by atoms with Crippen molar-refractivity contribution in [1.29, 1.82) is 0 Å². The maximum atomic E-state index is 10.9. The van der Waals surface area contributed by atoms with Crippen molar-refractivity contribution in [2.24, 2.45) is 11.8 Å². The van der Waals surface area contributed by atoms with Crippen molar-refractivity contribution < 1.29 is 9.90 Å². The Kier molecular flexibility index (Phi) is 3.53. The molecule has 0 radical (unpaired) electrons. The van der Waals surface area contributed by atoms with Crippen LogP contribution in [0.4, 0.5) is 0 Å². The molecule has 3 heteroatoms. The first-order chi connectivity index (χ1) is 6.43. The molecule has 1 rings (SSSR count). The van der Waals surface area contributed by atoms with Gasteiger partial charge in [0.05, 0.1) is 0 Å². The van der Waals surface area contributed by atoms with Crippen LogP contribution in [-0.4, -0.2) is 34.6 Å². The maximum Gasteiger partial charge on any atom is 0.320 e. The van der Waals surface area contributed by atoms with Crippen molar-refractivity contribution in [3.63, 3.8) is 0 Å². The summed E-state index contributed by atoms with van der Waals surface area (Å²) in [6.45, 7) is 9.24. The molecule has 1 N–H and O–H groups in total. The van der Waals surface area contributed by atoms with Gasteiger partial charge in [-0.25, -0.2) is 0 Å². The van der Waals surface area contributed by atoms with Gasteiger partial charge in [-0.1, -0.05) is 13.8 Å². The number of carbonyl (C=O) groups is 1. The summed E-state index contributed by atoms with van der Waals surface area (Å²) in [5, 5.41) is 8.98. The fourth-order valence-corrected chi connectivity index (χ4v) is 2.41. The lowest BCUT2D eigenvalue weighted by molar-refractivity contribution is -0.145. The molecule has 82 valence electrons. The van der Waals surface area contributed by atoms with E-state index in [0.717, 1.165) is 6.54 Å². The average molecular weight is 199 g/mol. The topological polar surface area (TPSA) is 40.5 Å². The summed E-state index contributed by atoms with van der Waals surface area (Å²) in [5.41, 5.74) is 0. The molecule has 1 saturated heterocycles. The molecule has 1 aliphatic heterocycles. The number of likely N-dealkylation sites (tertiary alicyclic amines) is 1. The molecule has 1 heterocycles. The van der Waals surface area contributed by atoms with E-state index in [4.69, 9.17) is 5.11 Å². The van der Waals surface area contributed by atoms with Crippen molar-refractivity contribution in [2.75, 3.05) is 6.54 Å².